The quantitative estimate of drug-likeness (QED) is 0.642. The van der Waals surface area contributed by atoms with E-state index in [1.165, 1.54) is 0 Å². The van der Waals surface area contributed by atoms with E-state index in [2.05, 4.69) is 0 Å². The number of ether oxygens (including phenoxy) is 3. The Morgan fingerprint density at radius 3 is 2.62 bits per heavy atom. The smallest absolute Gasteiger partial charge is 0.195 e. The lowest BCUT2D eigenvalue weighted by molar-refractivity contribution is -0.168. The summed E-state index contributed by atoms with van der Waals surface area (Å²) < 4.78 is 16.7. The first-order valence-corrected chi connectivity index (χ1v) is 4.62. The maximum atomic E-state index is 8.89. The number of aliphatic hydroxyl groups excluding tert-OH is 1. The largest absolute Gasteiger partial charge is 0.394 e. The molecule has 2 aliphatic heterocycles. The number of rotatable bonds is 1. The maximum Gasteiger partial charge on any atom is 0.195 e. The zero-order valence-electron chi connectivity index (χ0n) is 8.08. The molecule has 1 spiro atoms. The third-order valence-corrected chi connectivity index (χ3v) is 2.50. The fraction of sp³-hybridized carbons (Fsp3) is 1.00. The molecule has 13 heavy (non-hydrogen) atoms. The van der Waals surface area contributed by atoms with Gasteiger partial charge >= 0.3 is 0 Å². The predicted octanol–water partition coefficient (Wildman–Crippen LogP) is 0.289. The summed E-state index contributed by atoms with van der Waals surface area (Å²) in [5.74, 6) is -0.586. The molecule has 2 aliphatic rings. The van der Waals surface area contributed by atoms with Gasteiger partial charge in [0.1, 0.15) is 12.7 Å². The second-order valence-corrected chi connectivity index (χ2v) is 4.37. The van der Waals surface area contributed by atoms with Gasteiger partial charge in [-0.1, -0.05) is 0 Å². The van der Waals surface area contributed by atoms with Crippen LogP contribution >= 0.6 is 0 Å². The SMILES string of the molecule is CC1(C)CC2(CO1)OCC(CO)O2. The second-order valence-electron chi connectivity index (χ2n) is 4.37. The predicted molar refractivity (Wildman–Crippen MR) is 45.3 cm³/mol. The number of hydrogen-bond acceptors (Lipinski definition) is 4. The molecule has 0 saturated carbocycles. The van der Waals surface area contributed by atoms with Crippen LogP contribution in [-0.2, 0) is 14.2 Å². The van der Waals surface area contributed by atoms with Gasteiger partial charge in [0.15, 0.2) is 5.79 Å². The van der Waals surface area contributed by atoms with Gasteiger partial charge in [0.05, 0.1) is 18.8 Å². The Morgan fingerprint density at radius 2 is 2.15 bits per heavy atom. The Balaban J connectivity index is 2.01. The first-order chi connectivity index (χ1) is 6.05. The van der Waals surface area contributed by atoms with E-state index in [1.54, 1.807) is 0 Å². The van der Waals surface area contributed by atoms with E-state index >= 15 is 0 Å². The van der Waals surface area contributed by atoms with E-state index in [-0.39, 0.29) is 18.3 Å². The monoisotopic (exact) mass is 188 g/mol. The highest BCUT2D eigenvalue weighted by Crippen LogP contribution is 2.39. The first kappa shape index (κ1) is 9.40. The van der Waals surface area contributed by atoms with E-state index in [9.17, 15) is 0 Å². The first-order valence-electron chi connectivity index (χ1n) is 4.62. The van der Waals surface area contributed by atoms with Gasteiger partial charge in [-0.05, 0) is 13.8 Å². The summed E-state index contributed by atoms with van der Waals surface area (Å²) in [6.45, 7) is 4.98. The third-order valence-electron chi connectivity index (χ3n) is 2.50. The van der Waals surface area contributed by atoms with Gasteiger partial charge in [0.25, 0.3) is 0 Å². The van der Waals surface area contributed by atoms with Crippen molar-refractivity contribution >= 4 is 0 Å². The number of hydrogen-bond donors (Lipinski definition) is 1. The molecule has 0 amide bonds. The van der Waals surface area contributed by atoms with Crippen LogP contribution in [-0.4, -0.2) is 42.4 Å². The van der Waals surface area contributed by atoms with Crippen molar-refractivity contribution < 1.29 is 19.3 Å². The van der Waals surface area contributed by atoms with Crippen molar-refractivity contribution in [3.8, 4) is 0 Å². The van der Waals surface area contributed by atoms with E-state index < -0.39 is 5.79 Å². The minimum absolute atomic E-state index is 0.0161. The zero-order chi connectivity index (χ0) is 9.53. The summed E-state index contributed by atoms with van der Waals surface area (Å²) in [6, 6.07) is 0. The molecular weight excluding hydrogens is 172 g/mol. The van der Waals surface area contributed by atoms with Gasteiger partial charge in [-0.3, -0.25) is 0 Å². The minimum Gasteiger partial charge on any atom is -0.394 e. The molecular formula is C9H16O4. The van der Waals surface area contributed by atoms with Crippen LogP contribution < -0.4 is 0 Å². The van der Waals surface area contributed by atoms with Crippen molar-refractivity contribution in [2.45, 2.75) is 37.8 Å². The molecule has 0 radical (unpaired) electrons. The van der Waals surface area contributed by atoms with Crippen molar-refractivity contribution in [1.29, 1.82) is 0 Å². The Morgan fingerprint density at radius 1 is 1.38 bits per heavy atom. The average molecular weight is 188 g/mol. The van der Waals surface area contributed by atoms with Gasteiger partial charge in [-0.2, -0.15) is 0 Å². The van der Waals surface area contributed by atoms with Crippen LogP contribution in [0.5, 0.6) is 0 Å². The number of aliphatic hydroxyl groups is 1. The highest BCUT2D eigenvalue weighted by molar-refractivity contribution is 4.91. The van der Waals surface area contributed by atoms with Crippen LogP contribution in [0.15, 0.2) is 0 Å². The molecule has 0 aromatic carbocycles. The third kappa shape index (κ3) is 1.72. The molecule has 0 aromatic heterocycles. The van der Waals surface area contributed by atoms with Crippen LogP contribution in [0.3, 0.4) is 0 Å². The molecule has 2 rings (SSSR count). The molecule has 0 bridgehead atoms. The Bertz CT molecular complexity index is 204. The second kappa shape index (κ2) is 2.92. The van der Waals surface area contributed by atoms with Crippen LogP contribution in [0.1, 0.15) is 20.3 Å². The van der Waals surface area contributed by atoms with E-state index in [0.717, 1.165) is 6.42 Å². The minimum atomic E-state index is -0.586. The average Bonchev–Trinajstić information content (AvgIpc) is 2.57. The lowest BCUT2D eigenvalue weighted by Crippen LogP contribution is -2.33. The molecule has 2 unspecified atom stereocenters. The van der Waals surface area contributed by atoms with Gasteiger partial charge < -0.3 is 19.3 Å². The van der Waals surface area contributed by atoms with Crippen molar-refractivity contribution in [2.75, 3.05) is 19.8 Å². The topological polar surface area (TPSA) is 47.9 Å². The lowest BCUT2D eigenvalue weighted by Gasteiger charge is -2.21. The van der Waals surface area contributed by atoms with Crippen LogP contribution in [0, 0.1) is 0 Å². The molecule has 4 nitrogen and oxygen atoms in total. The Kier molecular flexibility index (Phi) is 2.11. The van der Waals surface area contributed by atoms with Crippen molar-refractivity contribution in [1.82, 2.24) is 0 Å². The maximum absolute atomic E-state index is 8.89. The van der Waals surface area contributed by atoms with Crippen LogP contribution in [0.4, 0.5) is 0 Å². The summed E-state index contributed by atoms with van der Waals surface area (Å²) in [5, 5.41) is 8.89. The van der Waals surface area contributed by atoms with Crippen molar-refractivity contribution in [2.24, 2.45) is 0 Å². The standard InChI is InChI=1S/C9H16O4/c1-8(2)5-9(6-12-8)11-4-7(3-10)13-9/h7,10H,3-6H2,1-2H3. The highest BCUT2D eigenvalue weighted by atomic mass is 16.8. The highest BCUT2D eigenvalue weighted by Gasteiger charge is 2.51. The molecule has 4 heteroatoms. The molecule has 2 atom stereocenters. The Labute approximate surface area is 77.8 Å². The van der Waals surface area contributed by atoms with Gasteiger partial charge in [0.2, 0.25) is 0 Å². The summed E-state index contributed by atoms with van der Waals surface area (Å²) in [5.41, 5.74) is -0.176. The summed E-state index contributed by atoms with van der Waals surface area (Å²) >= 11 is 0. The zero-order valence-corrected chi connectivity index (χ0v) is 8.08. The fourth-order valence-electron chi connectivity index (χ4n) is 1.93. The van der Waals surface area contributed by atoms with Gasteiger partial charge in [0, 0.05) is 6.42 Å². The normalized spacial score (nSPS) is 43.2. The molecule has 76 valence electrons. The van der Waals surface area contributed by atoms with Crippen LogP contribution in [0.2, 0.25) is 0 Å². The molecule has 0 aliphatic carbocycles. The lowest BCUT2D eigenvalue weighted by atomic mass is 10.0. The van der Waals surface area contributed by atoms with E-state index in [0.29, 0.717) is 13.2 Å². The molecule has 0 aromatic rings. The fourth-order valence-corrected chi connectivity index (χ4v) is 1.93. The summed E-state index contributed by atoms with van der Waals surface area (Å²) in [6.07, 6.45) is 0.550. The molecule has 2 fully saturated rings. The van der Waals surface area contributed by atoms with E-state index in [4.69, 9.17) is 19.3 Å². The van der Waals surface area contributed by atoms with Gasteiger partial charge in [-0.25, -0.2) is 0 Å². The summed E-state index contributed by atoms with van der Waals surface area (Å²) in [7, 11) is 0. The molecule has 1 N–H and O–H groups in total. The van der Waals surface area contributed by atoms with E-state index in [1.807, 2.05) is 13.8 Å². The van der Waals surface area contributed by atoms with Crippen LogP contribution in [0.25, 0.3) is 0 Å². The molecule has 2 heterocycles. The van der Waals surface area contributed by atoms with Gasteiger partial charge in [-0.15, -0.1) is 0 Å². The van der Waals surface area contributed by atoms with Crippen molar-refractivity contribution in [3.63, 3.8) is 0 Å². The Hall–Kier alpha value is -0.160. The summed E-state index contributed by atoms with van der Waals surface area (Å²) in [4.78, 5) is 0. The van der Waals surface area contributed by atoms with Crippen molar-refractivity contribution in [3.05, 3.63) is 0 Å². The molecule has 2 saturated heterocycles.